The van der Waals surface area contributed by atoms with Crippen LogP contribution in [0.4, 0.5) is 5.69 Å². The van der Waals surface area contributed by atoms with Crippen molar-refractivity contribution < 1.29 is 18.7 Å². The SMILES string of the molecule is Cc1ccc(NC(=O)C(OC(=O)c2ccc(Br)o2)c2ccccc2)cc1. The molecule has 0 fully saturated rings. The van der Waals surface area contributed by atoms with Crippen LogP contribution in [-0.2, 0) is 9.53 Å². The summed E-state index contributed by atoms with van der Waals surface area (Å²) in [7, 11) is 0. The molecule has 132 valence electrons. The number of esters is 1. The number of nitrogens with one attached hydrogen (secondary N) is 1. The van der Waals surface area contributed by atoms with Gasteiger partial charge in [-0.2, -0.15) is 0 Å². The third-order valence-electron chi connectivity index (χ3n) is 3.66. The number of halogens is 1. The molecule has 1 unspecified atom stereocenters. The van der Waals surface area contributed by atoms with E-state index < -0.39 is 18.0 Å². The van der Waals surface area contributed by atoms with Gasteiger partial charge in [-0.3, -0.25) is 4.79 Å². The van der Waals surface area contributed by atoms with Gasteiger partial charge in [0.05, 0.1) is 0 Å². The molecule has 0 bridgehead atoms. The second-order valence-corrected chi connectivity index (χ2v) is 6.44. The Labute approximate surface area is 159 Å². The van der Waals surface area contributed by atoms with E-state index in [0.717, 1.165) is 5.56 Å². The van der Waals surface area contributed by atoms with Crippen molar-refractivity contribution in [2.24, 2.45) is 0 Å². The molecular weight excluding hydrogens is 398 g/mol. The summed E-state index contributed by atoms with van der Waals surface area (Å²) in [5.41, 5.74) is 2.27. The average Bonchev–Trinajstić information content (AvgIpc) is 3.08. The minimum atomic E-state index is -1.10. The van der Waals surface area contributed by atoms with E-state index in [-0.39, 0.29) is 5.76 Å². The predicted octanol–water partition coefficient (Wildman–Crippen LogP) is 4.89. The standard InChI is InChI=1S/C20H16BrNO4/c1-13-7-9-15(10-8-13)22-19(23)18(14-5-3-2-4-6-14)26-20(24)16-11-12-17(21)25-16/h2-12,18H,1H3,(H,22,23). The minimum absolute atomic E-state index is 0.0148. The maximum Gasteiger partial charge on any atom is 0.375 e. The Morgan fingerprint density at radius 3 is 2.31 bits per heavy atom. The monoisotopic (exact) mass is 413 g/mol. The van der Waals surface area contributed by atoms with E-state index in [9.17, 15) is 9.59 Å². The maximum atomic E-state index is 12.7. The second kappa shape index (κ2) is 8.01. The van der Waals surface area contributed by atoms with Gasteiger partial charge < -0.3 is 14.5 Å². The molecule has 0 radical (unpaired) electrons. The summed E-state index contributed by atoms with van der Waals surface area (Å²) in [5, 5.41) is 2.77. The molecule has 6 heteroatoms. The topological polar surface area (TPSA) is 68.5 Å². The maximum absolute atomic E-state index is 12.7. The summed E-state index contributed by atoms with van der Waals surface area (Å²) in [4.78, 5) is 25.1. The molecule has 1 amide bonds. The molecule has 0 saturated carbocycles. The summed E-state index contributed by atoms with van der Waals surface area (Å²) in [5.74, 6) is -1.15. The smallest absolute Gasteiger partial charge is 0.375 e. The van der Waals surface area contributed by atoms with E-state index in [1.54, 1.807) is 42.5 Å². The van der Waals surface area contributed by atoms with Gasteiger partial charge in [-0.1, -0.05) is 48.0 Å². The molecule has 5 nitrogen and oxygen atoms in total. The van der Waals surface area contributed by atoms with Crippen LogP contribution in [0.3, 0.4) is 0 Å². The Balaban J connectivity index is 1.82. The highest BCUT2D eigenvalue weighted by atomic mass is 79.9. The first-order chi connectivity index (χ1) is 12.5. The normalized spacial score (nSPS) is 11.6. The molecule has 1 atom stereocenters. The van der Waals surface area contributed by atoms with Gasteiger partial charge in [0.2, 0.25) is 11.9 Å². The van der Waals surface area contributed by atoms with Gasteiger partial charge in [0, 0.05) is 11.3 Å². The fraction of sp³-hybridized carbons (Fsp3) is 0.100. The number of hydrogen-bond acceptors (Lipinski definition) is 4. The number of benzene rings is 2. The lowest BCUT2D eigenvalue weighted by molar-refractivity contribution is -0.125. The molecule has 0 aliphatic carbocycles. The van der Waals surface area contributed by atoms with Crippen LogP contribution in [0, 0.1) is 6.92 Å². The van der Waals surface area contributed by atoms with E-state index >= 15 is 0 Å². The number of ether oxygens (including phenoxy) is 1. The van der Waals surface area contributed by atoms with Gasteiger partial charge in [0.1, 0.15) is 0 Å². The summed E-state index contributed by atoms with van der Waals surface area (Å²) < 4.78 is 11.0. The summed E-state index contributed by atoms with van der Waals surface area (Å²) in [6.45, 7) is 1.96. The number of aryl methyl sites for hydroxylation is 1. The lowest BCUT2D eigenvalue weighted by atomic mass is 10.1. The molecule has 0 aliphatic rings. The zero-order chi connectivity index (χ0) is 18.5. The highest BCUT2D eigenvalue weighted by Crippen LogP contribution is 2.23. The Hall–Kier alpha value is -2.86. The molecule has 2 aromatic carbocycles. The quantitative estimate of drug-likeness (QED) is 0.604. The van der Waals surface area contributed by atoms with E-state index in [1.807, 2.05) is 25.1 Å². The van der Waals surface area contributed by atoms with Crippen molar-refractivity contribution in [1.82, 2.24) is 0 Å². The first kappa shape index (κ1) is 17.9. The molecular formula is C20H16BrNO4. The number of furan rings is 1. The van der Waals surface area contributed by atoms with E-state index in [1.165, 1.54) is 6.07 Å². The Bertz CT molecular complexity index is 903. The number of rotatable bonds is 5. The third-order valence-corrected chi connectivity index (χ3v) is 4.09. The number of anilines is 1. The Morgan fingerprint density at radius 2 is 1.69 bits per heavy atom. The Kier molecular flexibility index (Phi) is 5.53. The largest absolute Gasteiger partial charge is 0.442 e. The van der Waals surface area contributed by atoms with Crippen LogP contribution < -0.4 is 5.32 Å². The molecule has 3 aromatic rings. The number of hydrogen-bond donors (Lipinski definition) is 1. The highest BCUT2D eigenvalue weighted by molar-refractivity contribution is 9.10. The van der Waals surface area contributed by atoms with Gasteiger partial charge in [-0.25, -0.2) is 4.79 Å². The van der Waals surface area contributed by atoms with Crippen molar-refractivity contribution in [3.8, 4) is 0 Å². The van der Waals surface area contributed by atoms with Crippen molar-refractivity contribution in [1.29, 1.82) is 0 Å². The zero-order valence-electron chi connectivity index (χ0n) is 13.9. The lowest BCUT2D eigenvalue weighted by Gasteiger charge is -2.17. The summed E-state index contributed by atoms with van der Waals surface area (Å²) >= 11 is 3.14. The molecule has 0 aliphatic heterocycles. The molecule has 1 aromatic heterocycles. The van der Waals surface area contributed by atoms with Crippen LogP contribution in [-0.4, -0.2) is 11.9 Å². The van der Waals surface area contributed by atoms with Crippen molar-refractivity contribution in [2.75, 3.05) is 5.32 Å². The summed E-state index contributed by atoms with van der Waals surface area (Å²) in [6.07, 6.45) is -1.10. The van der Waals surface area contributed by atoms with Gasteiger partial charge in [-0.05, 0) is 47.1 Å². The minimum Gasteiger partial charge on any atom is -0.442 e. The molecule has 1 N–H and O–H groups in total. The van der Waals surface area contributed by atoms with Crippen molar-refractivity contribution in [2.45, 2.75) is 13.0 Å². The molecule has 1 heterocycles. The van der Waals surface area contributed by atoms with Gasteiger partial charge in [-0.15, -0.1) is 0 Å². The average molecular weight is 414 g/mol. The van der Waals surface area contributed by atoms with Crippen LogP contribution in [0.5, 0.6) is 0 Å². The predicted molar refractivity (Wildman–Crippen MR) is 101 cm³/mol. The molecule has 3 rings (SSSR count). The first-order valence-corrected chi connectivity index (χ1v) is 8.71. The van der Waals surface area contributed by atoms with E-state index in [4.69, 9.17) is 9.15 Å². The van der Waals surface area contributed by atoms with Crippen LogP contribution in [0.1, 0.15) is 27.8 Å². The highest BCUT2D eigenvalue weighted by Gasteiger charge is 2.27. The fourth-order valence-electron chi connectivity index (χ4n) is 2.33. The van der Waals surface area contributed by atoms with E-state index in [0.29, 0.717) is 15.9 Å². The van der Waals surface area contributed by atoms with Crippen LogP contribution in [0.2, 0.25) is 0 Å². The van der Waals surface area contributed by atoms with Crippen LogP contribution >= 0.6 is 15.9 Å². The number of amides is 1. The van der Waals surface area contributed by atoms with Crippen molar-refractivity contribution >= 4 is 33.5 Å². The second-order valence-electron chi connectivity index (χ2n) is 5.66. The first-order valence-electron chi connectivity index (χ1n) is 7.92. The Morgan fingerprint density at radius 1 is 1.00 bits per heavy atom. The van der Waals surface area contributed by atoms with Gasteiger partial charge in [0.25, 0.3) is 5.91 Å². The zero-order valence-corrected chi connectivity index (χ0v) is 15.5. The fourth-order valence-corrected chi connectivity index (χ4v) is 2.64. The molecule has 0 saturated heterocycles. The van der Waals surface area contributed by atoms with Crippen molar-refractivity contribution in [3.05, 3.63) is 88.3 Å². The van der Waals surface area contributed by atoms with Crippen LogP contribution in [0.15, 0.2) is 75.8 Å². The van der Waals surface area contributed by atoms with Crippen molar-refractivity contribution in [3.63, 3.8) is 0 Å². The lowest BCUT2D eigenvalue weighted by Crippen LogP contribution is -2.25. The van der Waals surface area contributed by atoms with Crippen LogP contribution in [0.25, 0.3) is 0 Å². The number of carbonyl (C=O) groups excluding carboxylic acids is 2. The molecule has 0 spiro atoms. The summed E-state index contributed by atoms with van der Waals surface area (Å²) in [6, 6.07) is 19.3. The van der Waals surface area contributed by atoms with E-state index in [2.05, 4.69) is 21.2 Å². The molecule has 26 heavy (non-hydrogen) atoms. The third kappa shape index (κ3) is 4.40. The van der Waals surface area contributed by atoms with Gasteiger partial charge >= 0.3 is 5.97 Å². The number of carbonyl (C=O) groups is 2. The van der Waals surface area contributed by atoms with Gasteiger partial charge in [0.15, 0.2) is 4.67 Å².